The quantitative estimate of drug-likeness (QED) is 0.839. The van der Waals surface area contributed by atoms with Crippen molar-refractivity contribution in [2.24, 2.45) is 17.8 Å². The number of nitrogens with one attached hydrogen (secondary N) is 2. The lowest BCUT2D eigenvalue weighted by Gasteiger charge is -2.19. The third kappa shape index (κ3) is 3.23. The Labute approximate surface area is 136 Å². The molecule has 1 aromatic heterocycles. The third-order valence-electron chi connectivity index (χ3n) is 5.23. The molecule has 22 heavy (non-hydrogen) atoms. The predicted octanol–water partition coefficient (Wildman–Crippen LogP) is 3.72. The summed E-state index contributed by atoms with van der Waals surface area (Å²) < 4.78 is 0. The second-order valence-electron chi connectivity index (χ2n) is 7.50. The van der Waals surface area contributed by atoms with Crippen LogP contribution in [0.1, 0.15) is 55.0 Å². The number of thiophene rings is 1. The first-order valence-electron chi connectivity index (χ1n) is 8.85. The van der Waals surface area contributed by atoms with Crippen molar-refractivity contribution in [3.8, 4) is 0 Å². The summed E-state index contributed by atoms with van der Waals surface area (Å²) in [7, 11) is 0. The molecule has 1 aromatic rings. The van der Waals surface area contributed by atoms with Crippen LogP contribution in [-0.2, 0) is 24.2 Å². The largest absolute Gasteiger partial charge is 0.317 e. The monoisotopic (exact) mass is 318 g/mol. The van der Waals surface area contributed by atoms with Gasteiger partial charge in [-0.25, -0.2) is 0 Å². The molecule has 0 bridgehead atoms. The fraction of sp³-hybridized carbons (Fsp3) is 0.722. The van der Waals surface area contributed by atoms with Gasteiger partial charge in [-0.1, -0.05) is 6.92 Å². The normalized spacial score (nSPS) is 24.1. The fourth-order valence-electron chi connectivity index (χ4n) is 3.39. The molecule has 3 aliphatic carbocycles. The van der Waals surface area contributed by atoms with Gasteiger partial charge in [0.05, 0.1) is 5.00 Å². The smallest absolute Gasteiger partial charge is 0.228 e. The molecule has 0 aromatic carbocycles. The van der Waals surface area contributed by atoms with Crippen molar-refractivity contribution < 1.29 is 4.79 Å². The fourth-order valence-corrected chi connectivity index (χ4v) is 4.66. The molecule has 0 radical (unpaired) electrons. The highest BCUT2D eigenvalue weighted by Crippen LogP contribution is 2.41. The van der Waals surface area contributed by atoms with Crippen LogP contribution in [0.3, 0.4) is 0 Å². The van der Waals surface area contributed by atoms with Gasteiger partial charge >= 0.3 is 0 Å². The summed E-state index contributed by atoms with van der Waals surface area (Å²) in [5.74, 6) is 2.20. The molecule has 120 valence electrons. The van der Waals surface area contributed by atoms with E-state index < -0.39 is 0 Å². The van der Waals surface area contributed by atoms with Crippen LogP contribution in [-0.4, -0.2) is 12.5 Å². The Hall–Kier alpha value is -0.870. The zero-order valence-corrected chi connectivity index (χ0v) is 14.2. The van der Waals surface area contributed by atoms with Crippen LogP contribution >= 0.6 is 11.3 Å². The summed E-state index contributed by atoms with van der Waals surface area (Å²) in [4.78, 5) is 13.7. The lowest BCUT2D eigenvalue weighted by Crippen LogP contribution is -2.20. The van der Waals surface area contributed by atoms with Gasteiger partial charge in [-0.3, -0.25) is 4.79 Å². The molecule has 0 aliphatic heterocycles. The first kappa shape index (κ1) is 14.7. The highest BCUT2D eigenvalue weighted by atomic mass is 32.1. The van der Waals surface area contributed by atoms with Gasteiger partial charge in [-0.15, -0.1) is 11.3 Å². The molecule has 1 amide bonds. The minimum absolute atomic E-state index is 0.245. The highest BCUT2D eigenvalue weighted by Gasteiger charge is 2.32. The van der Waals surface area contributed by atoms with Gasteiger partial charge in [-0.2, -0.15) is 0 Å². The van der Waals surface area contributed by atoms with Crippen molar-refractivity contribution >= 4 is 22.2 Å². The van der Waals surface area contributed by atoms with Crippen LogP contribution < -0.4 is 10.6 Å². The maximum absolute atomic E-state index is 12.2. The molecule has 3 aliphatic rings. The van der Waals surface area contributed by atoms with Crippen molar-refractivity contribution in [2.75, 3.05) is 11.9 Å². The second kappa shape index (κ2) is 5.97. The van der Waals surface area contributed by atoms with Gasteiger partial charge in [0.25, 0.3) is 0 Å². The van der Waals surface area contributed by atoms with Crippen molar-refractivity contribution in [1.29, 1.82) is 0 Å². The van der Waals surface area contributed by atoms with Crippen LogP contribution in [0, 0.1) is 17.8 Å². The Kier molecular flexibility index (Phi) is 3.99. The minimum atomic E-state index is 0.245. The molecule has 1 unspecified atom stereocenters. The first-order valence-corrected chi connectivity index (χ1v) is 9.67. The highest BCUT2D eigenvalue weighted by molar-refractivity contribution is 7.16. The van der Waals surface area contributed by atoms with Crippen LogP contribution in [0.4, 0.5) is 5.00 Å². The van der Waals surface area contributed by atoms with Crippen LogP contribution in [0.25, 0.3) is 0 Å². The van der Waals surface area contributed by atoms with E-state index in [1.165, 1.54) is 48.1 Å². The Balaban J connectivity index is 1.52. The van der Waals surface area contributed by atoms with E-state index in [0.717, 1.165) is 42.8 Å². The third-order valence-corrected chi connectivity index (χ3v) is 6.48. The molecular weight excluding hydrogens is 292 g/mol. The number of fused-ring (bicyclic) bond motifs is 1. The van der Waals surface area contributed by atoms with Gasteiger partial charge in [0, 0.05) is 22.9 Å². The van der Waals surface area contributed by atoms with E-state index in [-0.39, 0.29) is 11.8 Å². The number of amides is 1. The zero-order valence-electron chi connectivity index (χ0n) is 13.4. The summed E-state index contributed by atoms with van der Waals surface area (Å²) in [6.07, 6.45) is 8.58. The number of carbonyl (C=O) groups is 1. The van der Waals surface area contributed by atoms with Crippen LogP contribution in [0.5, 0.6) is 0 Å². The first-order chi connectivity index (χ1) is 10.7. The molecule has 2 fully saturated rings. The molecule has 0 saturated heterocycles. The molecule has 4 rings (SSSR count). The van der Waals surface area contributed by atoms with E-state index >= 15 is 0 Å². The summed E-state index contributed by atoms with van der Waals surface area (Å²) in [5, 5.41) is 8.00. The predicted molar refractivity (Wildman–Crippen MR) is 91.3 cm³/mol. The Morgan fingerprint density at radius 2 is 2.05 bits per heavy atom. The van der Waals surface area contributed by atoms with Crippen molar-refractivity contribution in [1.82, 2.24) is 5.32 Å². The number of aryl methyl sites for hydroxylation is 1. The van der Waals surface area contributed by atoms with Gasteiger partial charge in [0.15, 0.2) is 0 Å². The summed E-state index contributed by atoms with van der Waals surface area (Å²) in [6, 6.07) is 0. The molecule has 2 N–H and O–H groups in total. The van der Waals surface area contributed by atoms with E-state index in [2.05, 4.69) is 17.6 Å². The number of anilines is 1. The lowest BCUT2D eigenvalue weighted by atomic mass is 9.88. The van der Waals surface area contributed by atoms with E-state index in [1.54, 1.807) is 0 Å². The molecule has 1 atom stereocenters. The average Bonchev–Trinajstić information content (AvgIpc) is 3.38. The molecule has 2 saturated carbocycles. The molecule has 0 spiro atoms. The summed E-state index contributed by atoms with van der Waals surface area (Å²) in [6.45, 7) is 4.41. The molecule has 1 heterocycles. The van der Waals surface area contributed by atoms with E-state index in [1.807, 2.05) is 11.3 Å². The van der Waals surface area contributed by atoms with Crippen LogP contribution in [0.15, 0.2) is 0 Å². The van der Waals surface area contributed by atoms with Gasteiger partial charge in [-0.05, 0) is 68.9 Å². The van der Waals surface area contributed by atoms with Gasteiger partial charge in [0.2, 0.25) is 5.91 Å². The number of hydrogen-bond donors (Lipinski definition) is 2. The van der Waals surface area contributed by atoms with E-state index in [4.69, 9.17) is 0 Å². The SMILES string of the molecule is CC1CCc2sc(NC(=O)C3CC3)c(CNCC3CC3)c2C1. The Morgan fingerprint density at radius 3 is 2.77 bits per heavy atom. The van der Waals surface area contributed by atoms with Crippen molar-refractivity contribution in [3.63, 3.8) is 0 Å². The lowest BCUT2D eigenvalue weighted by molar-refractivity contribution is -0.117. The number of carbonyl (C=O) groups excluding carboxylic acids is 1. The van der Waals surface area contributed by atoms with E-state index in [0.29, 0.717) is 0 Å². The zero-order chi connectivity index (χ0) is 15.1. The van der Waals surface area contributed by atoms with Crippen molar-refractivity contribution in [3.05, 3.63) is 16.0 Å². The maximum atomic E-state index is 12.2. The summed E-state index contributed by atoms with van der Waals surface area (Å²) in [5.41, 5.74) is 2.93. The van der Waals surface area contributed by atoms with E-state index in [9.17, 15) is 4.79 Å². The average molecular weight is 318 g/mol. The van der Waals surface area contributed by atoms with Crippen molar-refractivity contribution in [2.45, 2.75) is 58.4 Å². The Bertz CT molecular complexity index is 572. The standard InChI is InChI=1S/C18H26N2OS/c1-11-2-7-16-14(8-11)15(10-19-9-12-3-4-12)18(22-16)20-17(21)13-5-6-13/h11-13,19H,2-10H2,1H3,(H,20,21). The Morgan fingerprint density at radius 1 is 1.23 bits per heavy atom. The molecule has 4 heteroatoms. The minimum Gasteiger partial charge on any atom is -0.317 e. The topological polar surface area (TPSA) is 41.1 Å². The van der Waals surface area contributed by atoms with Gasteiger partial charge in [0.1, 0.15) is 0 Å². The summed E-state index contributed by atoms with van der Waals surface area (Å²) >= 11 is 1.84. The molecular formula is C18H26N2OS. The second-order valence-corrected chi connectivity index (χ2v) is 8.60. The maximum Gasteiger partial charge on any atom is 0.228 e. The van der Waals surface area contributed by atoms with Crippen LogP contribution in [0.2, 0.25) is 0 Å². The number of rotatable bonds is 6. The van der Waals surface area contributed by atoms with Gasteiger partial charge < -0.3 is 10.6 Å². The molecule has 3 nitrogen and oxygen atoms in total. The number of hydrogen-bond acceptors (Lipinski definition) is 3.